The Bertz CT molecular complexity index is 3270. The van der Waals surface area contributed by atoms with Crippen molar-refractivity contribution in [3.8, 4) is 67.7 Å². The van der Waals surface area contributed by atoms with Gasteiger partial charge in [-0.3, -0.25) is 4.98 Å². The highest BCUT2D eigenvalue weighted by molar-refractivity contribution is 6.13. The fraction of sp³-hybridized carbons (Fsp3) is 0. The van der Waals surface area contributed by atoms with Crippen LogP contribution in [0.3, 0.4) is 0 Å². The SMILES string of the molecule is c1ccc(-c2ccc(-c3cccc4oc5cc(-c6nc(-c7ccc(-c8ccccn8)cc7)nc(-c7ccc8c(ccc9ccccc98)c7)n6)ccc5c34)cc2)cc1. The molecule has 11 aromatic rings. The molecule has 5 nitrogen and oxygen atoms in total. The van der Waals surface area contributed by atoms with E-state index in [1.807, 2.05) is 36.5 Å². The Hall–Kier alpha value is -7.76. The first-order chi connectivity index (χ1) is 28.2. The summed E-state index contributed by atoms with van der Waals surface area (Å²) >= 11 is 0. The van der Waals surface area contributed by atoms with Crippen LogP contribution in [0.4, 0.5) is 0 Å². The summed E-state index contributed by atoms with van der Waals surface area (Å²) in [5, 5.41) is 6.88. The Balaban J connectivity index is 1.03. The second-order valence-corrected chi connectivity index (χ2v) is 14.3. The average Bonchev–Trinajstić information content (AvgIpc) is 3.68. The van der Waals surface area contributed by atoms with Gasteiger partial charge in [-0.1, -0.05) is 152 Å². The number of nitrogens with zero attached hydrogens (tertiary/aromatic N) is 4. The maximum Gasteiger partial charge on any atom is 0.164 e. The molecule has 0 atom stereocenters. The van der Waals surface area contributed by atoms with Crippen LogP contribution in [0.25, 0.3) is 111 Å². The fourth-order valence-corrected chi connectivity index (χ4v) is 7.92. The maximum atomic E-state index is 6.56. The zero-order chi connectivity index (χ0) is 37.7. The molecule has 0 bridgehead atoms. The quantitative estimate of drug-likeness (QED) is 0.160. The molecule has 0 radical (unpaired) electrons. The lowest BCUT2D eigenvalue weighted by atomic mass is 9.96. The molecule has 0 spiro atoms. The molecule has 5 heteroatoms. The van der Waals surface area contributed by atoms with Crippen molar-refractivity contribution in [1.29, 1.82) is 0 Å². The van der Waals surface area contributed by atoms with Crippen LogP contribution < -0.4 is 0 Å². The monoisotopic (exact) mass is 728 g/mol. The third-order valence-electron chi connectivity index (χ3n) is 10.8. The third kappa shape index (κ3) is 5.90. The summed E-state index contributed by atoms with van der Waals surface area (Å²) in [5.41, 5.74) is 10.8. The van der Waals surface area contributed by atoms with E-state index in [0.717, 1.165) is 66.4 Å². The van der Waals surface area contributed by atoms with Crippen LogP contribution >= 0.6 is 0 Å². The lowest BCUT2D eigenvalue weighted by Gasteiger charge is -2.10. The first-order valence-corrected chi connectivity index (χ1v) is 19.0. The number of aromatic nitrogens is 4. The van der Waals surface area contributed by atoms with Gasteiger partial charge < -0.3 is 4.42 Å². The molecule has 3 aromatic heterocycles. The molecule has 0 saturated carbocycles. The summed E-state index contributed by atoms with van der Waals surface area (Å²) in [6.45, 7) is 0. The van der Waals surface area contributed by atoms with Crippen molar-refractivity contribution in [2.45, 2.75) is 0 Å². The van der Waals surface area contributed by atoms with E-state index < -0.39 is 0 Å². The average molecular weight is 729 g/mol. The molecule has 11 rings (SSSR count). The maximum absolute atomic E-state index is 6.56. The first-order valence-electron chi connectivity index (χ1n) is 19.0. The fourth-order valence-electron chi connectivity index (χ4n) is 7.92. The normalized spacial score (nSPS) is 11.5. The van der Waals surface area contributed by atoms with Gasteiger partial charge in [0.05, 0.1) is 5.69 Å². The molecule has 0 amide bonds. The number of hydrogen-bond acceptors (Lipinski definition) is 5. The van der Waals surface area contributed by atoms with Crippen LogP contribution in [0.15, 0.2) is 199 Å². The molecule has 0 aliphatic rings. The summed E-state index contributed by atoms with van der Waals surface area (Å²) in [6, 6.07) is 65.2. The van der Waals surface area contributed by atoms with E-state index in [1.165, 1.54) is 27.3 Å². The Morgan fingerprint density at radius 1 is 0.333 bits per heavy atom. The molecule has 0 aliphatic carbocycles. The van der Waals surface area contributed by atoms with E-state index in [-0.39, 0.29) is 0 Å². The van der Waals surface area contributed by atoms with Gasteiger partial charge in [0, 0.05) is 39.2 Å². The minimum Gasteiger partial charge on any atom is -0.456 e. The van der Waals surface area contributed by atoms with Crippen molar-refractivity contribution >= 4 is 43.5 Å². The topological polar surface area (TPSA) is 64.7 Å². The van der Waals surface area contributed by atoms with Gasteiger partial charge in [0.25, 0.3) is 0 Å². The van der Waals surface area contributed by atoms with Gasteiger partial charge in [-0.25, -0.2) is 15.0 Å². The van der Waals surface area contributed by atoms with Crippen LogP contribution in [0.1, 0.15) is 0 Å². The van der Waals surface area contributed by atoms with Crippen LogP contribution in [0.2, 0.25) is 0 Å². The van der Waals surface area contributed by atoms with E-state index in [2.05, 4.69) is 163 Å². The zero-order valence-electron chi connectivity index (χ0n) is 30.7. The van der Waals surface area contributed by atoms with Gasteiger partial charge in [-0.2, -0.15) is 0 Å². The molecule has 3 heterocycles. The highest BCUT2D eigenvalue weighted by Crippen LogP contribution is 2.39. The summed E-state index contributed by atoms with van der Waals surface area (Å²) in [7, 11) is 0. The second-order valence-electron chi connectivity index (χ2n) is 14.3. The number of benzene rings is 8. The summed E-state index contributed by atoms with van der Waals surface area (Å²) in [5.74, 6) is 1.76. The number of fused-ring (bicyclic) bond motifs is 6. The van der Waals surface area contributed by atoms with Crippen molar-refractivity contribution in [3.05, 3.63) is 194 Å². The smallest absolute Gasteiger partial charge is 0.164 e. The van der Waals surface area contributed by atoms with Crippen molar-refractivity contribution in [2.75, 3.05) is 0 Å². The molecule has 0 N–H and O–H groups in total. The van der Waals surface area contributed by atoms with Crippen LogP contribution in [0, 0.1) is 0 Å². The lowest BCUT2D eigenvalue weighted by Crippen LogP contribution is -2.00. The summed E-state index contributed by atoms with van der Waals surface area (Å²) in [6.07, 6.45) is 1.81. The minimum absolute atomic E-state index is 0.571. The summed E-state index contributed by atoms with van der Waals surface area (Å²) in [4.78, 5) is 19.8. The predicted molar refractivity (Wildman–Crippen MR) is 233 cm³/mol. The highest BCUT2D eigenvalue weighted by atomic mass is 16.3. The highest BCUT2D eigenvalue weighted by Gasteiger charge is 2.17. The molecule has 0 aliphatic heterocycles. The number of rotatable bonds is 6. The molecular weight excluding hydrogens is 697 g/mol. The first kappa shape index (κ1) is 32.7. The molecule has 0 fully saturated rings. The van der Waals surface area contributed by atoms with Crippen LogP contribution in [0.5, 0.6) is 0 Å². The van der Waals surface area contributed by atoms with E-state index in [0.29, 0.717) is 17.5 Å². The zero-order valence-corrected chi connectivity index (χ0v) is 30.7. The third-order valence-corrected chi connectivity index (χ3v) is 10.8. The molecule has 0 saturated heterocycles. The van der Waals surface area contributed by atoms with Gasteiger partial charge in [0.1, 0.15) is 11.2 Å². The van der Waals surface area contributed by atoms with Crippen molar-refractivity contribution in [3.63, 3.8) is 0 Å². The number of furan rings is 1. The Labute approximate surface area is 328 Å². The van der Waals surface area contributed by atoms with Crippen LogP contribution in [-0.2, 0) is 0 Å². The molecule has 8 aromatic carbocycles. The summed E-state index contributed by atoms with van der Waals surface area (Å²) < 4.78 is 6.56. The van der Waals surface area contributed by atoms with E-state index in [9.17, 15) is 0 Å². The van der Waals surface area contributed by atoms with E-state index in [1.54, 1.807) is 0 Å². The molecule has 266 valence electrons. The van der Waals surface area contributed by atoms with Gasteiger partial charge in [0.2, 0.25) is 0 Å². The van der Waals surface area contributed by atoms with E-state index in [4.69, 9.17) is 19.4 Å². The number of pyridine rings is 1. The van der Waals surface area contributed by atoms with Crippen molar-refractivity contribution in [2.24, 2.45) is 0 Å². The Morgan fingerprint density at radius 2 is 0.930 bits per heavy atom. The van der Waals surface area contributed by atoms with E-state index >= 15 is 0 Å². The largest absolute Gasteiger partial charge is 0.456 e. The Morgan fingerprint density at radius 3 is 1.72 bits per heavy atom. The van der Waals surface area contributed by atoms with Crippen molar-refractivity contribution < 1.29 is 4.42 Å². The predicted octanol–water partition coefficient (Wildman–Crippen LogP) is 13.5. The standard InChI is InChI=1S/C52H32N4O/c1-2-9-33(10-3-1)34-16-18-36(19-17-34)44-13-8-15-47-49(44)45-29-27-41(32-48(45)57-47)52-55-50(38-23-21-37(22-24-38)46-14-6-7-30-53-46)54-51(56-52)40-26-28-43-39(31-40)25-20-35-11-4-5-12-42(35)43/h1-32H. The number of hydrogen-bond donors (Lipinski definition) is 0. The van der Waals surface area contributed by atoms with Crippen LogP contribution in [-0.4, -0.2) is 19.9 Å². The van der Waals surface area contributed by atoms with Gasteiger partial charge >= 0.3 is 0 Å². The molecule has 0 unspecified atom stereocenters. The second kappa shape index (κ2) is 13.5. The Kier molecular flexibility index (Phi) is 7.74. The van der Waals surface area contributed by atoms with Gasteiger partial charge in [0.15, 0.2) is 17.5 Å². The van der Waals surface area contributed by atoms with Gasteiger partial charge in [-0.05, 0) is 80.2 Å². The minimum atomic E-state index is 0.571. The molecular formula is C52H32N4O. The van der Waals surface area contributed by atoms with Crippen molar-refractivity contribution in [1.82, 2.24) is 19.9 Å². The van der Waals surface area contributed by atoms with Gasteiger partial charge in [-0.15, -0.1) is 0 Å². The lowest BCUT2D eigenvalue weighted by molar-refractivity contribution is 0.669. The molecule has 57 heavy (non-hydrogen) atoms.